The molecule has 0 atom stereocenters. The number of aromatic nitrogens is 8. The Bertz CT molecular complexity index is 6030. The number of nitrogens with two attached hydrogens (primary N) is 4. The Morgan fingerprint density at radius 3 is 1.04 bits per heavy atom. The highest BCUT2D eigenvalue weighted by molar-refractivity contribution is 8.11. The van der Waals surface area contributed by atoms with Gasteiger partial charge in [-0.1, -0.05) is 72.3 Å². The van der Waals surface area contributed by atoms with Crippen molar-refractivity contribution in [2.24, 2.45) is 16.0 Å². The van der Waals surface area contributed by atoms with E-state index in [1.165, 1.54) is 55.1 Å². The first-order valence-corrected chi connectivity index (χ1v) is 40.3. The van der Waals surface area contributed by atoms with Gasteiger partial charge in [-0.2, -0.15) is 22.1 Å². The molecule has 0 unspecified atom stereocenters. The number of ether oxygens (including phenoxy) is 8. The number of nitro benzene ring substituents is 3. The number of nitrogens with zero attached hydrogens (tertiary/aromatic N) is 12. The van der Waals surface area contributed by atoms with Crippen molar-refractivity contribution in [2.75, 3.05) is 109 Å². The smallest absolute Gasteiger partial charge is 0.296 e. The van der Waals surface area contributed by atoms with E-state index < -0.39 is 34.2 Å². The van der Waals surface area contributed by atoms with Crippen molar-refractivity contribution in [3.05, 3.63) is 258 Å². The summed E-state index contributed by atoms with van der Waals surface area (Å²) in [7, 11) is 9.44. The number of halogens is 2. The molecule has 0 aliphatic heterocycles. The molecular formula is C80H86Cl2N20O18S2. The number of benzene rings is 9. The third kappa shape index (κ3) is 30.0. The van der Waals surface area contributed by atoms with E-state index >= 15 is 0 Å². The Morgan fingerprint density at radius 2 is 0.705 bits per heavy atom. The largest absolute Gasteiger partial charge is 0.493 e. The van der Waals surface area contributed by atoms with E-state index in [1.54, 1.807) is 136 Å². The maximum absolute atomic E-state index is 11.2. The van der Waals surface area contributed by atoms with Gasteiger partial charge in [0.2, 0.25) is 0 Å². The van der Waals surface area contributed by atoms with E-state index in [9.17, 15) is 47.2 Å². The minimum atomic E-state index is -3.80. The first-order valence-electron chi connectivity index (χ1n) is 36.0. The lowest BCUT2D eigenvalue weighted by Gasteiger charge is -2.12. The normalized spacial score (nSPS) is 10.5. The quantitative estimate of drug-likeness (QED) is 0.00742. The van der Waals surface area contributed by atoms with Crippen molar-refractivity contribution in [2.45, 2.75) is 32.1 Å². The fourth-order valence-electron chi connectivity index (χ4n) is 11.3. The standard InChI is InChI=1S/C18H21N5O4S.C18H18N4O4.C18H20N4O2.C10H9ClN2O2.C8H10N2O2.C8H6N2O2.ClH2NO2S/c1-26-16-9-14-15(10-17(16)27-2)21-11-22-18(14)20-7-6-12-4-3-5-13(8-12)23-28(19,24)25;1-25-16-9-14-15(10-17(16)26-2)20-11-21-18(14)19-7-6-12-4-3-5-13(8-12)22(23)24;1-23-16-9-14-15(10-17(16)24-2)21-11-22-18(14)20-7-6-12-4-3-5-13(19)8-12;1-14-8-3-6-7(4-9(8)15-2)12-5-13-10(6)11;2*9-5-4-7-2-1-3-8(6-7)10(11)12;1-5(2,3)4/h3-5,8-11,23H,6-7H2,1-2H3,(H2,19,24,25)(H,20,21,22);3-5,8-11H,6-7H2,1-2H3,(H,19,20,21);3-5,8-11H,6-7,19H2,1-2H3,(H,20,21,22);3-5H,1-2H3;1-3,6H,4-5,9H2;1-3,6H,4H2;(H2,2,3,4). The van der Waals surface area contributed by atoms with Crippen molar-refractivity contribution in [3.63, 3.8) is 0 Å². The van der Waals surface area contributed by atoms with Crippen LogP contribution in [0.1, 0.15) is 27.8 Å². The molecule has 640 valence electrons. The highest BCUT2D eigenvalue weighted by atomic mass is 35.7. The van der Waals surface area contributed by atoms with E-state index in [1.807, 2.05) is 66.7 Å². The fraction of sp³-hybridized carbons (Fsp3) is 0.212. The van der Waals surface area contributed by atoms with Crippen molar-refractivity contribution in [1.29, 1.82) is 5.26 Å². The molecule has 0 fully saturated rings. The second kappa shape index (κ2) is 47.4. The lowest BCUT2D eigenvalue weighted by Crippen LogP contribution is -2.21. The molecule has 13 rings (SSSR count). The Hall–Kier alpha value is -14.2. The average molecular weight is 1750 g/mol. The maximum Gasteiger partial charge on any atom is 0.296 e. The molecule has 42 heteroatoms. The highest BCUT2D eigenvalue weighted by Crippen LogP contribution is 2.38. The molecule has 0 saturated heterocycles. The number of hydrogen-bond donors (Lipinski definition) is 8. The number of nitrogen functional groups attached to an aromatic ring is 1. The summed E-state index contributed by atoms with van der Waals surface area (Å²) in [6, 6.07) is 50.6. The first-order chi connectivity index (χ1) is 58.4. The number of nitriles is 1. The van der Waals surface area contributed by atoms with Crippen LogP contribution in [0.25, 0.3) is 43.6 Å². The Labute approximate surface area is 710 Å². The zero-order valence-corrected chi connectivity index (χ0v) is 70.1. The molecule has 0 amide bonds. The summed E-state index contributed by atoms with van der Waals surface area (Å²) >= 11 is 5.93. The zero-order valence-electron chi connectivity index (χ0n) is 66.9. The molecular weight excluding hydrogens is 1660 g/mol. The van der Waals surface area contributed by atoms with E-state index in [0.717, 1.165) is 84.8 Å². The summed E-state index contributed by atoms with van der Waals surface area (Å²) < 4.78 is 85.2. The number of fused-ring (bicyclic) bond motifs is 4. The Kier molecular flexibility index (Phi) is 36.9. The van der Waals surface area contributed by atoms with Gasteiger partial charge in [-0.25, -0.2) is 50.1 Å². The van der Waals surface area contributed by atoms with Crippen molar-refractivity contribution < 1.29 is 69.5 Å². The third-order valence-electron chi connectivity index (χ3n) is 16.9. The van der Waals surface area contributed by atoms with Crippen LogP contribution in [0.15, 0.2) is 195 Å². The Balaban J connectivity index is 0.000000204. The summed E-state index contributed by atoms with van der Waals surface area (Å²) in [5.74, 6) is 7.02. The molecule has 38 nitrogen and oxygen atoms in total. The number of non-ortho nitro benzene ring substituents is 3. The van der Waals surface area contributed by atoms with Gasteiger partial charge in [0.15, 0.2) is 46.0 Å². The number of rotatable bonds is 28. The predicted molar refractivity (Wildman–Crippen MR) is 467 cm³/mol. The molecule has 0 bridgehead atoms. The minimum Gasteiger partial charge on any atom is -0.493 e. The summed E-state index contributed by atoms with van der Waals surface area (Å²) in [4.78, 5) is 64.0. The molecule has 4 aromatic heterocycles. The van der Waals surface area contributed by atoms with Crippen LogP contribution in [0.5, 0.6) is 46.0 Å². The number of nitro groups is 3. The number of nitrogens with one attached hydrogen (secondary N) is 4. The van der Waals surface area contributed by atoms with Crippen molar-refractivity contribution in [3.8, 4) is 52.1 Å². The van der Waals surface area contributed by atoms with Gasteiger partial charge >= 0.3 is 0 Å². The van der Waals surface area contributed by atoms with Crippen LogP contribution >= 0.6 is 22.3 Å². The minimum absolute atomic E-state index is 0.0303. The van der Waals surface area contributed by atoms with Crippen LogP contribution in [0.4, 0.5) is 45.9 Å². The van der Waals surface area contributed by atoms with E-state index in [2.05, 4.69) is 82.4 Å². The average Bonchev–Trinajstić information content (AvgIpc) is 0.829. The lowest BCUT2D eigenvalue weighted by molar-refractivity contribution is -0.385. The molecule has 0 saturated carbocycles. The van der Waals surface area contributed by atoms with Crippen molar-refractivity contribution in [1.82, 2.24) is 39.9 Å². The van der Waals surface area contributed by atoms with Crippen LogP contribution in [0.3, 0.4) is 0 Å². The molecule has 12 N–H and O–H groups in total. The van der Waals surface area contributed by atoms with Gasteiger partial charge in [0.25, 0.3) is 36.5 Å². The highest BCUT2D eigenvalue weighted by Gasteiger charge is 2.17. The van der Waals surface area contributed by atoms with Gasteiger partial charge < -0.3 is 65.3 Å². The lowest BCUT2D eigenvalue weighted by atomic mass is 10.1. The molecule has 9 aromatic carbocycles. The molecule has 4 heterocycles. The molecule has 0 aliphatic carbocycles. The van der Waals surface area contributed by atoms with Gasteiger partial charge in [0.05, 0.1) is 106 Å². The molecule has 122 heavy (non-hydrogen) atoms. The van der Waals surface area contributed by atoms with Gasteiger partial charge in [-0.05, 0) is 109 Å². The van der Waals surface area contributed by atoms with Crippen LogP contribution in [0.2, 0.25) is 5.15 Å². The second-order valence-corrected chi connectivity index (χ2v) is 28.9. The first kappa shape index (κ1) is 94.9. The second-order valence-electron chi connectivity index (χ2n) is 25.0. The monoisotopic (exact) mass is 1750 g/mol. The molecule has 0 aliphatic rings. The predicted octanol–water partition coefficient (Wildman–Crippen LogP) is 12.5. The molecule has 0 spiro atoms. The summed E-state index contributed by atoms with van der Waals surface area (Å²) in [6.45, 7) is 2.41. The van der Waals surface area contributed by atoms with E-state index in [4.69, 9.17) is 71.4 Å². The summed E-state index contributed by atoms with van der Waals surface area (Å²) in [5.41, 5.74) is 20.1. The van der Waals surface area contributed by atoms with Crippen LogP contribution < -0.4 is 80.3 Å². The topological polar surface area (TPSA) is 551 Å². The maximum atomic E-state index is 11.2. The SMILES string of the molecule is COc1cc2ncnc(Cl)c2cc1OC.COc1cc2ncnc(NCCc3cccc(N)c3)c2cc1OC.COc1cc2ncnc(NCCc3cccc(NS(N)(=O)=O)c3)c2cc1OC.COc1cc2ncnc(NCCc3cccc([N+](=O)[O-])c3)c2cc1OC.N#CCc1cccc([N+](=O)[O-])c1.NCCc1cccc([N+](=O)[O-])c1.NS(=O)(=O)Cl. The zero-order chi connectivity index (χ0) is 88.9. The van der Waals surface area contributed by atoms with Crippen molar-refractivity contribution >= 4 is 131 Å². The number of methoxy groups -OCH3 is 8. The van der Waals surface area contributed by atoms with Gasteiger partial charge in [-0.3, -0.25) is 35.1 Å². The van der Waals surface area contributed by atoms with Gasteiger partial charge in [-0.15, -0.1) is 0 Å². The number of hydrogen-bond acceptors (Lipinski definition) is 32. The molecule has 13 aromatic rings. The van der Waals surface area contributed by atoms with E-state index in [0.29, 0.717) is 113 Å². The summed E-state index contributed by atoms with van der Waals surface area (Å²) in [6.07, 6.45) is 8.93. The van der Waals surface area contributed by atoms with Crippen LogP contribution in [-0.4, -0.2) is 155 Å². The van der Waals surface area contributed by atoms with Crippen LogP contribution in [0, 0.1) is 41.7 Å². The molecule has 0 radical (unpaired) electrons. The van der Waals surface area contributed by atoms with Gasteiger partial charge in [0.1, 0.15) is 47.9 Å². The fourth-order valence-corrected chi connectivity index (χ4v) is 11.9. The van der Waals surface area contributed by atoms with Crippen LogP contribution in [-0.2, 0) is 51.6 Å². The third-order valence-corrected chi connectivity index (χ3v) is 17.7. The summed E-state index contributed by atoms with van der Waals surface area (Å²) in [5, 5.41) is 62.5. The number of anilines is 5. The van der Waals surface area contributed by atoms with E-state index in [-0.39, 0.29) is 23.5 Å². The Morgan fingerprint density at radius 1 is 0.410 bits per heavy atom. The van der Waals surface area contributed by atoms with Gasteiger partial charge in [0, 0.05) is 124 Å².